The van der Waals surface area contributed by atoms with Crippen molar-refractivity contribution in [1.82, 2.24) is 4.90 Å². The molecule has 98 valence electrons. The van der Waals surface area contributed by atoms with Crippen LogP contribution in [0.5, 0.6) is 5.75 Å². The molecule has 0 saturated heterocycles. The minimum atomic E-state index is 0.175. The lowest BCUT2D eigenvalue weighted by atomic mass is 10.0. The van der Waals surface area contributed by atoms with E-state index in [1.165, 1.54) is 0 Å². The quantitative estimate of drug-likeness (QED) is 0.933. The van der Waals surface area contributed by atoms with Gasteiger partial charge in [0.15, 0.2) is 5.96 Å². The summed E-state index contributed by atoms with van der Waals surface area (Å²) in [6.07, 6.45) is 0. The van der Waals surface area contributed by atoms with Gasteiger partial charge in [0.25, 0.3) is 0 Å². The molecule has 2 N–H and O–H groups in total. The molecule has 0 bridgehead atoms. The molecule has 18 heavy (non-hydrogen) atoms. The first-order chi connectivity index (χ1) is 8.54. The number of ether oxygens (including phenoxy) is 1. The lowest BCUT2D eigenvalue weighted by molar-refractivity contribution is 0.288. The average Bonchev–Trinajstić information content (AvgIpc) is 2.72. The molecule has 1 aliphatic heterocycles. The molecule has 0 saturated carbocycles. The lowest BCUT2D eigenvalue weighted by Crippen LogP contribution is -2.41. The summed E-state index contributed by atoms with van der Waals surface area (Å²) in [5.41, 5.74) is 7.12. The molecule has 0 spiro atoms. The van der Waals surface area contributed by atoms with Crippen molar-refractivity contribution in [3.8, 4) is 5.75 Å². The maximum Gasteiger partial charge on any atom is 0.192 e. The minimum Gasteiger partial charge on any atom is -0.497 e. The van der Waals surface area contributed by atoms with Crippen LogP contribution < -0.4 is 10.5 Å². The van der Waals surface area contributed by atoms with Gasteiger partial charge in [-0.15, -0.1) is 0 Å². The van der Waals surface area contributed by atoms with Gasteiger partial charge in [-0.25, -0.2) is 0 Å². The number of halogens is 1. The molecule has 1 atom stereocenters. The number of benzene rings is 1. The number of nitrogens with zero attached hydrogens (tertiary/aromatic N) is 2. The summed E-state index contributed by atoms with van der Waals surface area (Å²) in [6.45, 7) is 4.93. The number of methoxy groups -OCH3 is 1. The van der Waals surface area contributed by atoms with Crippen molar-refractivity contribution in [1.29, 1.82) is 0 Å². The fourth-order valence-corrected chi connectivity index (χ4v) is 2.80. The molecular formula is C13H18BrN3O. The predicted molar refractivity (Wildman–Crippen MR) is 76.9 cm³/mol. The zero-order valence-electron chi connectivity index (χ0n) is 10.9. The zero-order chi connectivity index (χ0) is 13.3. The summed E-state index contributed by atoms with van der Waals surface area (Å²) < 4.78 is 6.34. The predicted octanol–water partition coefficient (Wildman–Crippen LogP) is 2.54. The largest absolute Gasteiger partial charge is 0.497 e. The van der Waals surface area contributed by atoms with E-state index in [2.05, 4.69) is 39.7 Å². The Kier molecular flexibility index (Phi) is 3.80. The molecule has 0 fully saturated rings. The van der Waals surface area contributed by atoms with Gasteiger partial charge < -0.3 is 15.4 Å². The molecule has 4 nitrogen and oxygen atoms in total. The fraction of sp³-hybridized carbons (Fsp3) is 0.462. The van der Waals surface area contributed by atoms with Crippen molar-refractivity contribution in [2.24, 2.45) is 10.7 Å². The van der Waals surface area contributed by atoms with E-state index in [0.717, 1.165) is 15.8 Å². The van der Waals surface area contributed by atoms with Gasteiger partial charge >= 0.3 is 0 Å². The first-order valence-electron chi connectivity index (χ1n) is 5.96. The summed E-state index contributed by atoms with van der Waals surface area (Å²) in [7, 11) is 1.67. The Morgan fingerprint density at radius 1 is 1.50 bits per heavy atom. The number of hydrogen-bond donors (Lipinski definition) is 1. The monoisotopic (exact) mass is 311 g/mol. The van der Waals surface area contributed by atoms with Gasteiger partial charge in [0.2, 0.25) is 0 Å². The van der Waals surface area contributed by atoms with Crippen LogP contribution in [0.15, 0.2) is 27.7 Å². The highest BCUT2D eigenvalue weighted by atomic mass is 79.9. The Balaban J connectivity index is 2.37. The summed E-state index contributed by atoms with van der Waals surface area (Å²) in [5.74, 6) is 1.46. The van der Waals surface area contributed by atoms with E-state index < -0.39 is 0 Å². The van der Waals surface area contributed by atoms with E-state index in [9.17, 15) is 0 Å². The Morgan fingerprint density at radius 3 is 2.83 bits per heavy atom. The highest BCUT2D eigenvalue weighted by Crippen LogP contribution is 2.34. The standard InChI is InChI=1S/C13H18BrN3O/c1-8(2)17-12(7-16-13(17)15)10-6-9(18-3)4-5-11(10)14/h4-6,8,12H,7H2,1-3H3,(H2,15,16). The van der Waals surface area contributed by atoms with Gasteiger partial charge in [-0.3, -0.25) is 4.99 Å². The summed E-state index contributed by atoms with van der Waals surface area (Å²) in [5, 5.41) is 0. The van der Waals surface area contributed by atoms with E-state index in [0.29, 0.717) is 18.5 Å². The van der Waals surface area contributed by atoms with Gasteiger partial charge in [0, 0.05) is 10.5 Å². The van der Waals surface area contributed by atoms with E-state index in [4.69, 9.17) is 10.5 Å². The van der Waals surface area contributed by atoms with Crippen molar-refractivity contribution in [2.45, 2.75) is 25.9 Å². The molecule has 1 aliphatic rings. The van der Waals surface area contributed by atoms with Crippen molar-refractivity contribution < 1.29 is 4.74 Å². The van der Waals surface area contributed by atoms with Crippen molar-refractivity contribution in [2.75, 3.05) is 13.7 Å². The highest BCUT2D eigenvalue weighted by molar-refractivity contribution is 9.10. The van der Waals surface area contributed by atoms with Crippen LogP contribution in [0.25, 0.3) is 0 Å². The molecule has 0 amide bonds. The fourth-order valence-electron chi connectivity index (χ4n) is 2.29. The average molecular weight is 312 g/mol. The minimum absolute atomic E-state index is 0.175. The number of aliphatic imine (C=N–C) groups is 1. The SMILES string of the molecule is COc1ccc(Br)c(C2CN=C(N)N2C(C)C)c1. The summed E-state index contributed by atoms with van der Waals surface area (Å²) in [6, 6.07) is 6.47. The van der Waals surface area contributed by atoms with Gasteiger partial charge in [-0.2, -0.15) is 0 Å². The van der Waals surface area contributed by atoms with Gasteiger partial charge in [0.05, 0.1) is 19.7 Å². The van der Waals surface area contributed by atoms with E-state index in [1.807, 2.05) is 18.2 Å². The summed E-state index contributed by atoms with van der Waals surface area (Å²) >= 11 is 3.59. The number of rotatable bonds is 3. The zero-order valence-corrected chi connectivity index (χ0v) is 12.4. The third-order valence-corrected chi connectivity index (χ3v) is 3.87. The normalized spacial score (nSPS) is 19.3. The first-order valence-corrected chi connectivity index (χ1v) is 6.75. The van der Waals surface area contributed by atoms with Crippen molar-refractivity contribution in [3.63, 3.8) is 0 Å². The second-order valence-electron chi connectivity index (χ2n) is 4.60. The van der Waals surface area contributed by atoms with Gasteiger partial charge in [-0.1, -0.05) is 15.9 Å². The molecule has 1 aromatic rings. The maximum absolute atomic E-state index is 5.96. The van der Waals surface area contributed by atoms with Crippen LogP contribution in [-0.4, -0.2) is 30.6 Å². The van der Waals surface area contributed by atoms with Crippen LogP contribution >= 0.6 is 15.9 Å². The molecule has 0 aliphatic carbocycles. The van der Waals surface area contributed by atoms with Crippen molar-refractivity contribution in [3.05, 3.63) is 28.2 Å². The van der Waals surface area contributed by atoms with Crippen LogP contribution in [0.2, 0.25) is 0 Å². The van der Waals surface area contributed by atoms with Crippen LogP contribution in [0.1, 0.15) is 25.5 Å². The van der Waals surface area contributed by atoms with Crippen LogP contribution in [0.3, 0.4) is 0 Å². The molecule has 0 aromatic heterocycles. The molecule has 1 aromatic carbocycles. The van der Waals surface area contributed by atoms with Crippen molar-refractivity contribution >= 4 is 21.9 Å². The second-order valence-corrected chi connectivity index (χ2v) is 5.46. The van der Waals surface area contributed by atoms with E-state index in [1.54, 1.807) is 7.11 Å². The Morgan fingerprint density at radius 2 is 2.22 bits per heavy atom. The maximum atomic E-state index is 5.96. The van der Waals surface area contributed by atoms with Gasteiger partial charge in [0.1, 0.15) is 5.75 Å². The van der Waals surface area contributed by atoms with Crippen LogP contribution in [0, 0.1) is 0 Å². The molecule has 1 unspecified atom stereocenters. The molecule has 2 rings (SSSR count). The molecule has 5 heteroatoms. The van der Waals surface area contributed by atoms with Gasteiger partial charge in [-0.05, 0) is 37.6 Å². The van der Waals surface area contributed by atoms with Crippen LogP contribution in [0.4, 0.5) is 0 Å². The lowest BCUT2D eigenvalue weighted by Gasteiger charge is -2.31. The Labute approximate surface area is 116 Å². The number of nitrogens with two attached hydrogens (primary N) is 1. The van der Waals surface area contributed by atoms with Crippen LogP contribution in [-0.2, 0) is 0 Å². The first kappa shape index (κ1) is 13.2. The topological polar surface area (TPSA) is 50.9 Å². The van der Waals surface area contributed by atoms with E-state index in [-0.39, 0.29) is 6.04 Å². The Hall–Kier alpha value is -1.23. The third-order valence-electron chi connectivity index (χ3n) is 3.15. The smallest absolute Gasteiger partial charge is 0.192 e. The summed E-state index contributed by atoms with van der Waals surface area (Å²) in [4.78, 5) is 6.49. The Bertz CT molecular complexity index is 473. The molecule has 0 radical (unpaired) electrons. The molecular weight excluding hydrogens is 294 g/mol. The molecule has 1 heterocycles. The number of guanidine groups is 1. The van der Waals surface area contributed by atoms with E-state index >= 15 is 0 Å². The highest BCUT2D eigenvalue weighted by Gasteiger charge is 2.30. The third kappa shape index (κ3) is 2.32. The number of hydrogen-bond acceptors (Lipinski definition) is 4. The second kappa shape index (κ2) is 5.18.